The van der Waals surface area contributed by atoms with Gasteiger partial charge in [-0.15, -0.1) is 22.7 Å². The van der Waals surface area contributed by atoms with Crippen molar-refractivity contribution in [2.24, 2.45) is 0 Å². The van der Waals surface area contributed by atoms with Crippen molar-refractivity contribution in [3.8, 4) is 10.7 Å². The van der Waals surface area contributed by atoms with E-state index in [9.17, 15) is 13.2 Å². The van der Waals surface area contributed by atoms with Crippen LogP contribution in [0.4, 0.5) is 5.69 Å². The minimum Gasteiger partial charge on any atom is -0.480 e. The summed E-state index contributed by atoms with van der Waals surface area (Å²) >= 11 is 2.67. The number of rotatable bonds is 9. The highest BCUT2D eigenvalue weighted by Gasteiger charge is 2.21. The predicted molar refractivity (Wildman–Crippen MR) is 128 cm³/mol. The summed E-state index contributed by atoms with van der Waals surface area (Å²) in [6.45, 7) is 2.36. The lowest BCUT2D eigenvalue weighted by molar-refractivity contribution is -0.138. The van der Waals surface area contributed by atoms with Crippen LogP contribution in [-0.2, 0) is 27.8 Å². The number of H-pyrrole nitrogens is 1. The van der Waals surface area contributed by atoms with E-state index in [-0.39, 0.29) is 6.54 Å². The number of carboxylic acids is 1. The van der Waals surface area contributed by atoms with Gasteiger partial charge in [-0.3, -0.25) is 14.4 Å². The van der Waals surface area contributed by atoms with Crippen molar-refractivity contribution in [3.63, 3.8) is 0 Å². The molecule has 0 aliphatic heterocycles. The van der Waals surface area contributed by atoms with Crippen LogP contribution < -0.4 is 4.72 Å². The second-order valence-corrected chi connectivity index (χ2v) is 11.3. The van der Waals surface area contributed by atoms with Crippen molar-refractivity contribution >= 4 is 55.3 Å². The maximum absolute atomic E-state index is 13.0. The van der Waals surface area contributed by atoms with E-state index >= 15 is 0 Å². The number of benzene rings is 1. The quantitative estimate of drug-likeness (QED) is 0.323. The van der Waals surface area contributed by atoms with E-state index in [1.807, 2.05) is 25.1 Å². The number of anilines is 1. The molecule has 0 fully saturated rings. The van der Waals surface area contributed by atoms with Crippen LogP contribution in [-0.4, -0.2) is 48.0 Å². The third-order valence-electron chi connectivity index (χ3n) is 4.85. The second-order valence-electron chi connectivity index (χ2n) is 7.34. The Morgan fingerprint density at radius 2 is 2.12 bits per heavy atom. The van der Waals surface area contributed by atoms with E-state index in [0.29, 0.717) is 28.4 Å². The van der Waals surface area contributed by atoms with Crippen LogP contribution in [0.1, 0.15) is 17.4 Å². The van der Waals surface area contributed by atoms with E-state index in [4.69, 9.17) is 5.11 Å². The summed E-state index contributed by atoms with van der Waals surface area (Å²) < 4.78 is 29.0. The maximum atomic E-state index is 13.0. The normalized spacial score (nSPS) is 12.0. The Bertz CT molecular complexity index is 1370. The van der Waals surface area contributed by atoms with Gasteiger partial charge in [0.05, 0.1) is 23.4 Å². The van der Waals surface area contributed by atoms with Crippen LogP contribution in [0.5, 0.6) is 0 Å². The number of thiazole rings is 1. The number of sulfonamides is 1. The summed E-state index contributed by atoms with van der Waals surface area (Å²) in [5, 5.41) is 12.3. The van der Waals surface area contributed by atoms with Gasteiger partial charge in [0, 0.05) is 23.0 Å². The lowest BCUT2D eigenvalue weighted by Crippen LogP contribution is -2.24. The van der Waals surface area contributed by atoms with Gasteiger partial charge in [-0.25, -0.2) is 13.4 Å². The molecule has 0 aliphatic rings. The Balaban J connectivity index is 1.61. The van der Waals surface area contributed by atoms with E-state index in [0.717, 1.165) is 26.5 Å². The fourth-order valence-electron chi connectivity index (χ4n) is 3.43. The largest absolute Gasteiger partial charge is 0.480 e. The molecule has 8 nitrogen and oxygen atoms in total. The first-order valence-corrected chi connectivity index (χ1v) is 13.0. The summed E-state index contributed by atoms with van der Waals surface area (Å²) in [5.41, 5.74) is 2.72. The summed E-state index contributed by atoms with van der Waals surface area (Å²) in [5.74, 6) is -0.878. The molecule has 0 bridgehead atoms. The average molecular weight is 491 g/mol. The highest BCUT2D eigenvalue weighted by atomic mass is 32.2. The number of nitrogens with one attached hydrogen (secondary N) is 2. The zero-order valence-electron chi connectivity index (χ0n) is 17.5. The van der Waals surface area contributed by atoms with Crippen molar-refractivity contribution in [3.05, 3.63) is 52.3 Å². The Morgan fingerprint density at radius 3 is 2.88 bits per heavy atom. The number of nitrogens with zero attached hydrogens (tertiary/aromatic N) is 2. The van der Waals surface area contributed by atoms with Gasteiger partial charge >= 0.3 is 5.97 Å². The number of carboxylic acid groups (broad SMARTS) is 1. The molecule has 168 valence electrons. The Morgan fingerprint density at radius 1 is 1.31 bits per heavy atom. The average Bonchev–Trinajstić information content (AvgIpc) is 3.46. The number of aryl methyl sites for hydroxylation is 1. The van der Waals surface area contributed by atoms with Crippen molar-refractivity contribution in [1.29, 1.82) is 0 Å². The van der Waals surface area contributed by atoms with E-state index < -0.39 is 16.0 Å². The smallest absolute Gasteiger partial charge is 0.317 e. The van der Waals surface area contributed by atoms with E-state index in [2.05, 4.69) is 14.7 Å². The molecule has 0 atom stereocenters. The van der Waals surface area contributed by atoms with E-state index in [1.54, 1.807) is 35.7 Å². The number of carbonyl (C=O) groups is 1. The molecule has 0 spiro atoms. The van der Waals surface area contributed by atoms with E-state index in [1.165, 1.54) is 22.7 Å². The number of aromatic nitrogens is 2. The topological polar surface area (TPSA) is 115 Å². The second kappa shape index (κ2) is 9.02. The van der Waals surface area contributed by atoms with Gasteiger partial charge < -0.3 is 10.1 Å². The molecule has 1 aromatic carbocycles. The molecule has 32 heavy (non-hydrogen) atoms. The summed E-state index contributed by atoms with van der Waals surface area (Å²) in [7, 11) is -1.95. The standard InChI is InChI=1S/C21H22N4O4S3/c1-3-13-7-8-30-21(13)32(28,29)24-16-6-4-5-14-9-17(23-19(14)16)20-22-10-15(31-20)11-25(2)12-18(26)27/h4-10,23-24H,3,11-12H2,1-2H3,(H,26,27). The Hall–Kier alpha value is -2.73. The molecular weight excluding hydrogens is 468 g/mol. The predicted octanol–water partition coefficient (Wildman–Crippen LogP) is 4.23. The van der Waals surface area contributed by atoms with Crippen LogP contribution in [0.3, 0.4) is 0 Å². The van der Waals surface area contributed by atoms with Crippen molar-refractivity contribution in [2.75, 3.05) is 18.3 Å². The van der Waals surface area contributed by atoms with Crippen LogP contribution >= 0.6 is 22.7 Å². The monoisotopic (exact) mass is 490 g/mol. The first kappa shape index (κ1) is 22.5. The number of likely N-dealkylation sites (N-methyl/N-ethyl adjacent to an activating group) is 1. The van der Waals surface area contributed by atoms with Crippen molar-refractivity contribution in [2.45, 2.75) is 24.1 Å². The molecule has 4 rings (SSSR count). The molecule has 11 heteroatoms. The number of hydrogen-bond donors (Lipinski definition) is 3. The number of thiophene rings is 1. The number of para-hydroxylation sites is 1. The highest BCUT2D eigenvalue weighted by molar-refractivity contribution is 7.94. The SMILES string of the molecule is CCc1ccsc1S(=O)(=O)Nc1cccc2cc(-c3ncc(CN(C)CC(=O)O)s3)[nH]c12. The number of aliphatic carboxylic acids is 1. The van der Waals surface area contributed by atoms with Gasteiger partial charge in [-0.05, 0) is 42.6 Å². The first-order valence-electron chi connectivity index (χ1n) is 9.83. The number of hydrogen-bond acceptors (Lipinski definition) is 7. The van der Waals surface area contributed by atoms with Gasteiger partial charge in [0.2, 0.25) is 0 Å². The third kappa shape index (κ3) is 4.70. The molecule has 0 saturated heterocycles. The molecule has 0 radical (unpaired) electrons. The minimum absolute atomic E-state index is 0.0485. The van der Waals surface area contributed by atoms with Gasteiger partial charge in [0.25, 0.3) is 10.0 Å². The molecule has 4 aromatic rings. The number of aromatic amines is 1. The zero-order valence-corrected chi connectivity index (χ0v) is 19.9. The van der Waals surface area contributed by atoms with Gasteiger partial charge in [-0.1, -0.05) is 19.1 Å². The fourth-order valence-corrected chi connectivity index (χ4v) is 7.02. The third-order valence-corrected chi connectivity index (χ3v) is 8.80. The highest BCUT2D eigenvalue weighted by Crippen LogP contribution is 2.33. The summed E-state index contributed by atoms with van der Waals surface area (Å²) in [6, 6.07) is 9.21. The van der Waals surface area contributed by atoms with Gasteiger partial charge in [0.1, 0.15) is 9.22 Å². The molecule has 0 saturated carbocycles. The molecule has 3 heterocycles. The van der Waals surface area contributed by atoms with Gasteiger partial charge in [0.15, 0.2) is 0 Å². The summed E-state index contributed by atoms with van der Waals surface area (Å²) in [6.07, 6.45) is 2.38. The van der Waals surface area contributed by atoms with Crippen molar-refractivity contribution in [1.82, 2.24) is 14.9 Å². The Kier molecular flexibility index (Phi) is 6.33. The lowest BCUT2D eigenvalue weighted by atomic mass is 10.2. The minimum atomic E-state index is -3.70. The molecule has 0 amide bonds. The van der Waals surface area contributed by atoms with Crippen molar-refractivity contribution < 1.29 is 18.3 Å². The van der Waals surface area contributed by atoms with Crippen LogP contribution in [0.25, 0.3) is 21.6 Å². The molecular formula is C21H22N4O4S3. The molecule has 3 N–H and O–H groups in total. The van der Waals surface area contributed by atoms with Crippen LogP contribution in [0.15, 0.2) is 46.1 Å². The fraction of sp³-hybridized carbons (Fsp3) is 0.238. The lowest BCUT2D eigenvalue weighted by Gasteiger charge is -2.11. The number of fused-ring (bicyclic) bond motifs is 1. The zero-order chi connectivity index (χ0) is 22.9. The van der Waals surface area contributed by atoms with Crippen LogP contribution in [0.2, 0.25) is 0 Å². The first-order chi connectivity index (χ1) is 15.3. The van der Waals surface area contributed by atoms with Gasteiger partial charge in [-0.2, -0.15) is 0 Å². The summed E-state index contributed by atoms with van der Waals surface area (Å²) in [4.78, 5) is 21.3. The maximum Gasteiger partial charge on any atom is 0.317 e. The molecule has 0 unspecified atom stereocenters. The van der Waals surface area contributed by atoms with Crippen LogP contribution in [0, 0.1) is 0 Å². The molecule has 3 aromatic heterocycles. The molecule has 0 aliphatic carbocycles. The Labute approximate surface area is 193 Å².